The molecular formula is C6H12Cl2O. The molecule has 0 radical (unpaired) electrons. The molecule has 3 heteroatoms. The number of halogens is 2. The highest BCUT2D eigenvalue weighted by Crippen LogP contribution is 2.00. The third-order valence-electron chi connectivity index (χ3n) is 0.778. The summed E-state index contributed by atoms with van der Waals surface area (Å²) in [5, 5.41) is -0.0472. The van der Waals surface area contributed by atoms with Crippen LogP contribution >= 0.6 is 23.2 Å². The Labute approximate surface area is 66.3 Å². The fraction of sp³-hybridized carbons (Fsp3) is 1.00. The highest BCUT2D eigenvalue weighted by Gasteiger charge is 2.02. The maximum absolute atomic E-state index is 5.65. The van der Waals surface area contributed by atoms with Crippen LogP contribution < -0.4 is 0 Å². The van der Waals surface area contributed by atoms with Crippen molar-refractivity contribution < 1.29 is 4.74 Å². The quantitative estimate of drug-likeness (QED) is 0.589. The van der Waals surface area contributed by atoms with Gasteiger partial charge < -0.3 is 4.74 Å². The Balaban J connectivity index is 3.06. The number of hydrogen-bond acceptors (Lipinski definition) is 1. The van der Waals surface area contributed by atoms with Crippen LogP contribution in [-0.2, 0) is 4.74 Å². The molecule has 0 N–H and O–H groups in total. The minimum absolute atomic E-state index is 0.0472. The van der Waals surface area contributed by atoms with E-state index in [1.807, 2.05) is 13.8 Å². The van der Waals surface area contributed by atoms with E-state index in [4.69, 9.17) is 27.9 Å². The predicted octanol–water partition coefficient (Wildman–Crippen LogP) is 2.26. The van der Waals surface area contributed by atoms with Crippen LogP contribution in [0, 0.1) is 0 Å². The van der Waals surface area contributed by atoms with Gasteiger partial charge in [-0.15, -0.1) is 23.2 Å². The summed E-state index contributed by atoms with van der Waals surface area (Å²) in [4.78, 5) is 0. The molecule has 1 unspecified atom stereocenters. The van der Waals surface area contributed by atoms with Crippen molar-refractivity contribution in [2.45, 2.75) is 25.3 Å². The lowest BCUT2D eigenvalue weighted by atomic mass is 10.4. The molecule has 56 valence electrons. The summed E-state index contributed by atoms with van der Waals surface area (Å²) < 4.78 is 5.18. The monoisotopic (exact) mass is 170 g/mol. The molecule has 0 spiro atoms. The van der Waals surface area contributed by atoms with E-state index < -0.39 is 0 Å². The van der Waals surface area contributed by atoms with E-state index in [2.05, 4.69) is 0 Å². The first-order chi connectivity index (χ1) is 4.16. The van der Waals surface area contributed by atoms with Crippen molar-refractivity contribution in [2.24, 2.45) is 0 Å². The number of hydrogen-bond donors (Lipinski definition) is 0. The van der Waals surface area contributed by atoms with Gasteiger partial charge in [0.15, 0.2) is 0 Å². The number of rotatable bonds is 4. The molecule has 9 heavy (non-hydrogen) atoms. The molecular weight excluding hydrogens is 159 g/mol. The van der Waals surface area contributed by atoms with Crippen molar-refractivity contribution in [3.8, 4) is 0 Å². The Kier molecular flexibility index (Phi) is 5.65. The lowest BCUT2D eigenvalue weighted by molar-refractivity contribution is 0.0814. The average Bonchev–Trinajstić information content (AvgIpc) is 1.83. The summed E-state index contributed by atoms with van der Waals surface area (Å²) in [7, 11) is 0. The highest BCUT2D eigenvalue weighted by molar-refractivity contribution is 6.28. The van der Waals surface area contributed by atoms with Gasteiger partial charge in [0.1, 0.15) is 0 Å². The largest absolute Gasteiger partial charge is 0.377 e. The summed E-state index contributed by atoms with van der Waals surface area (Å²) in [5.74, 6) is 0.453. The van der Waals surface area contributed by atoms with Crippen LogP contribution in [0.2, 0.25) is 0 Å². The van der Waals surface area contributed by atoms with Gasteiger partial charge in [-0.2, -0.15) is 0 Å². The van der Waals surface area contributed by atoms with Crippen LogP contribution in [0.4, 0.5) is 0 Å². The Hall–Kier alpha value is 0.540. The van der Waals surface area contributed by atoms with Crippen molar-refractivity contribution in [1.29, 1.82) is 0 Å². The van der Waals surface area contributed by atoms with E-state index in [1.165, 1.54) is 0 Å². The average molecular weight is 171 g/mol. The predicted molar refractivity (Wildman–Crippen MR) is 41.4 cm³/mol. The maximum Gasteiger partial charge on any atom is 0.0705 e. The zero-order chi connectivity index (χ0) is 7.28. The molecule has 0 aromatic rings. The zero-order valence-corrected chi connectivity index (χ0v) is 7.24. The second-order valence-electron chi connectivity index (χ2n) is 2.13. The minimum atomic E-state index is -0.0472. The van der Waals surface area contributed by atoms with Crippen LogP contribution in [-0.4, -0.2) is 24.0 Å². The van der Waals surface area contributed by atoms with E-state index in [0.29, 0.717) is 12.5 Å². The van der Waals surface area contributed by atoms with Crippen LogP contribution in [0.5, 0.6) is 0 Å². The number of alkyl halides is 2. The smallest absolute Gasteiger partial charge is 0.0705 e. The molecule has 0 fully saturated rings. The molecule has 0 aromatic heterocycles. The first-order valence-electron chi connectivity index (χ1n) is 2.98. The van der Waals surface area contributed by atoms with Crippen LogP contribution in [0.15, 0.2) is 0 Å². The Morgan fingerprint density at radius 3 is 2.33 bits per heavy atom. The second-order valence-corrected chi connectivity index (χ2v) is 3.06. The summed E-state index contributed by atoms with van der Waals surface area (Å²) >= 11 is 11.1. The lowest BCUT2D eigenvalue weighted by Gasteiger charge is -2.09. The van der Waals surface area contributed by atoms with Gasteiger partial charge in [0, 0.05) is 5.88 Å². The minimum Gasteiger partial charge on any atom is -0.377 e. The molecule has 1 atom stereocenters. The van der Waals surface area contributed by atoms with Crippen LogP contribution in [0.3, 0.4) is 0 Å². The first-order valence-corrected chi connectivity index (χ1v) is 3.95. The molecule has 0 saturated heterocycles. The van der Waals surface area contributed by atoms with E-state index in [-0.39, 0.29) is 11.5 Å². The molecule has 0 amide bonds. The molecule has 0 aliphatic heterocycles. The molecule has 0 aliphatic rings. The molecule has 0 aromatic carbocycles. The van der Waals surface area contributed by atoms with Crippen molar-refractivity contribution >= 4 is 23.2 Å². The van der Waals surface area contributed by atoms with Gasteiger partial charge in [-0.1, -0.05) is 0 Å². The van der Waals surface area contributed by atoms with Gasteiger partial charge in [0.25, 0.3) is 0 Å². The molecule has 0 aliphatic carbocycles. The SMILES string of the molecule is CC(C)OCC(Cl)CCl. The maximum atomic E-state index is 5.65. The summed E-state index contributed by atoms with van der Waals surface area (Å²) in [5.41, 5.74) is 0. The normalized spacial score (nSPS) is 14.3. The lowest BCUT2D eigenvalue weighted by Crippen LogP contribution is -2.14. The van der Waals surface area contributed by atoms with Crippen molar-refractivity contribution in [1.82, 2.24) is 0 Å². The van der Waals surface area contributed by atoms with Gasteiger partial charge in [0.2, 0.25) is 0 Å². The first kappa shape index (κ1) is 9.54. The third-order valence-corrected chi connectivity index (χ3v) is 1.59. The van der Waals surface area contributed by atoms with Crippen molar-refractivity contribution in [3.05, 3.63) is 0 Å². The van der Waals surface area contributed by atoms with Gasteiger partial charge >= 0.3 is 0 Å². The molecule has 1 nitrogen and oxygen atoms in total. The van der Waals surface area contributed by atoms with Gasteiger partial charge in [0.05, 0.1) is 18.1 Å². The van der Waals surface area contributed by atoms with Crippen LogP contribution in [0.1, 0.15) is 13.8 Å². The van der Waals surface area contributed by atoms with Crippen molar-refractivity contribution in [2.75, 3.05) is 12.5 Å². The Morgan fingerprint density at radius 1 is 1.44 bits per heavy atom. The fourth-order valence-electron chi connectivity index (χ4n) is 0.341. The van der Waals surface area contributed by atoms with E-state index in [0.717, 1.165) is 0 Å². The van der Waals surface area contributed by atoms with E-state index >= 15 is 0 Å². The Bertz CT molecular complexity index is 66.1. The topological polar surface area (TPSA) is 9.23 Å². The third kappa shape index (κ3) is 6.42. The fourth-order valence-corrected chi connectivity index (χ4v) is 0.503. The standard InChI is InChI=1S/C6H12Cl2O/c1-5(2)9-4-6(8)3-7/h5-6H,3-4H2,1-2H3. The Morgan fingerprint density at radius 2 is 2.00 bits per heavy atom. The highest BCUT2D eigenvalue weighted by atomic mass is 35.5. The molecule has 0 saturated carbocycles. The summed E-state index contributed by atoms with van der Waals surface area (Å²) in [6.45, 7) is 4.48. The van der Waals surface area contributed by atoms with Gasteiger partial charge in [-0.05, 0) is 13.8 Å². The summed E-state index contributed by atoms with van der Waals surface area (Å²) in [6, 6.07) is 0. The van der Waals surface area contributed by atoms with Crippen LogP contribution in [0.25, 0.3) is 0 Å². The van der Waals surface area contributed by atoms with Gasteiger partial charge in [-0.25, -0.2) is 0 Å². The molecule has 0 bridgehead atoms. The summed E-state index contributed by atoms with van der Waals surface area (Å²) in [6.07, 6.45) is 0.245. The van der Waals surface area contributed by atoms with E-state index in [1.54, 1.807) is 0 Å². The molecule has 0 rings (SSSR count). The van der Waals surface area contributed by atoms with Gasteiger partial charge in [-0.3, -0.25) is 0 Å². The molecule has 0 heterocycles. The van der Waals surface area contributed by atoms with E-state index in [9.17, 15) is 0 Å². The zero-order valence-electron chi connectivity index (χ0n) is 5.73. The second kappa shape index (κ2) is 5.33. The number of ether oxygens (including phenoxy) is 1. The van der Waals surface area contributed by atoms with Crippen molar-refractivity contribution in [3.63, 3.8) is 0 Å².